The molecule has 5 nitrogen and oxygen atoms in total. The standard InChI is InChI=1S/C11H10F3N3O2S/c1-19-9(18)7-6(16)5(4-15)8(20-7)17-10(2-3-10)11(12,13)14/h17H,2-3,16H2,1H3. The predicted octanol–water partition coefficient (Wildman–Crippen LogP) is 2.50. The molecule has 0 atom stereocenters. The molecule has 1 aromatic heterocycles. The normalized spacial score (nSPS) is 16.4. The highest BCUT2D eigenvalue weighted by molar-refractivity contribution is 7.18. The Hall–Kier alpha value is -1.95. The average Bonchev–Trinajstić information content (AvgIpc) is 3.09. The van der Waals surface area contributed by atoms with Crippen LogP contribution in [0, 0.1) is 11.3 Å². The van der Waals surface area contributed by atoms with Crippen LogP contribution >= 0.6 is 11.3 Å². The number of ether oxygens (including phenoxy) is 1. The summed E-state index contributed by atoms with van der Waals surface area (Å²) < 4.78 is 43.1. The summed E-state index contributed by atoms with van der Waals surface area (Å²) >= 11 is 0.693. The second kappa shape index (κ2) is 4.56. The van der Waals surface area contributed by atoms with Crippen LogP contribution in [0.2, 0.25) is 0 Å². The first kappa shape index (κ1) is 14.5. The predicted molar refractivity (Wildman–Crippen MR) is 66.4 cm³/mol. The van der Waals surface area contributed by atoms with Gasteiger partial charge in [-0.2, -0.15) is 18.4 Å². The topological polar surface area (TPSA) is 88.1 Å². The third-order valence-corrected chi connectivity index (χ3v) is 4.17. The van der Waals surface area contributed by atoms with Crippen molar-refractivity contribution < 1.29 is 22.7 Å². The number of anilines is 2. The van der Waals surface area contributed by atoms with Crippen LogP contribution in [0.1, 0.15) is 28.1 Å². The van der Waals surface area contributed by atoms with Crippen molar-refractivity contribution in [2.45, 2.75) is 24.6 Å². The Bertz CT molecular complexity index is 599. The minimum Gasteiger partial charge on any atom is -0.465 e. The minimum absolute atomic E-state index is 0.0553. The fourth-order valence-electron chi connectivity index (χ4n) is 1.71. The number of thiophene rings is 1. The van der Waals surface area contributed by atoms with E-state index in [9.17, 15) is 18.0 Å². The Morgan fingerprint density at radius 2 is 2.15 bits per heavy atom. The SMILES string of the molecule is COC(=O)c1sc(NC2(C(F)(F)F)CC2)c(C#N)c1N. The molecular formula is C11H10F3N3O2S. The number of hydrogen-bond donors (Lipinski definition) is 2. The van der Waals surface area contributed by atoms with Crippen molar-refractivity contribution in [2.75, 3.05) is 18.2 Å². The zero-order valence-corrected chi connectivity index (χ0v) is 11.1. The highest BCUT2D eigenvalue weighted by Gasteiger charge is 2.64. The second-order valence-electron chi connectivity index (χ2n) is 4.36. The molecule has 0 bridgehead atoms. The first-order valence-electron chi connectivity index (χ1n) is 5.51. The van der Waals surface area contributed by atoms with Gasteiger partial charge < -0.3 is 15.8 Å². The molecule has 0 unspecified atom stereocenters. The second-order valence-corrected chi connectivity index (χ2v) is 5.38. The van der Waals surface area contributed by atoms with Crippen LogP contribution in [-0.4, -0.2) is 24.8 Å². The molecule has 0 aromatic carbocycles. The van der Waals surface area contributed by atoms with Gasteiger partial charge in [-0.3, -0.25) is 0 Å². The van der Waals surface area contributed by atoms with Crippen LogP contribution in [0.3, 0.4) is 0 Å². The maximum absolute atomic E-state index is 12.9. The quantitative estimate of drug-likeness (QED) is 0.838. The maximum atomic E-state index is 12.9. The molecule has 3 N–H and O–H groups in total. The molecule has 1 fully saturated rings. The van der Waals surface area contributed by atoms with Gasteiger partial charge in [-0.05, 0) is 12.8 Å². The lowest BCUT2D eigenvalue weighted by atomic mass is 10.2. The molecule has 0 amide bonds. The fraction of sp³-hybridized carbons (Fsp3) is 0.455. The van der Waals surface area contributed by atoms with Gasteiger partial charge >= 0.3 is 12.1 Å². The molecule has 1 aliphatic rings. The summed E-state index contributed by atoms with van der Waals surface area (Å²) in [5.41, 5.74) is 3.26. The van der Waals surface area contributed by atoms with Gasteiger partial charge in [0.1, 0.15) is 27.0 Å². The number of hydrogen-bond acceptors (Lipinski definition) is 6. The Morgan fingerprint density at radius 3 is 2.55 bits per heavy atom. The van der Waals surface area contributed by atoms with Crippen molar-refractivity contribution in [1.82, 2.24) is 0 Å². The fourth-order valence-corrected chi connectivity index (χ4v) is 2.80. The van der Waals surface area contributed by atoms with E-state index in [1.165, 1.54) is 0 Å². The van der Waals surface area contributed by atoms with Crippen LogP contribution in [0.15, 0.2) is 0 Å². The maximum Gasteiger partial charge on any atom is 0.411 e. The summed E-state index contributed by atoms with van der Waals surface area (Å²) in [5.74, 6) is -0.783. The minimum atomic E-state index is -4.43. The van der Waals surface area contributed by atoms with E-state index in [-0.39, 0.29) is 34.0 Å². The first-order valence-corrected chi connectivity index (χ1v) is 6.33. The van der Waals surface area contributed by atoms with Gasteiger partial charge in [0.25, 0.3) is 0 Å². The molecule has 1 saturated carbocycles. The third-order valence-electron chi connectivity index (χ3n) is 3.07. The van der Waals surface area contributed by atoms with Crippen LogP contribution in [-0.2, 0) is 4.74 Å². The number of nitrogens with one attached hydrogen (secondary N) is 1. The molecule has 0 radical (unpaired) electrons. The number of halogens is 3. The molecule has 0 saturated heterocycles. The smallest absolute Gasteiger partial charge is 0.411 e. The number of carbonyl (C=O) groups excluding carboxylic acids is 1. The van der Waals surface area contributed by atoms with Crippen molar-refractivity contribution in [2.24, 2.45) is 0 Å². The molecule has 1 heterocycles. The summed E-state index contributed by atoms with van der Waals surface area (Å²) in [6.45, 7) is 0. The lowest BCUT2D eigenvalue weighted by Crippen LogP contribution is -2.38. The van der Waals surface area contributed by atoms with Crippen LogP contribution in [0.25, 0.3) is 0 Å². The van der Waals surface area contributed by atoms with Crippen molar-refractivity contribution in [3.8, 4) is 6.07 Å². The number of esters is 1. The van der Waals surface area contributed by atoms with Gasteiger partial charge in [-0.25, -0.2) is 4.79 Å². The van der Waals surface area contributed by atoms with E-state index >= 15 is 0 Å². The summed E-state index contributed by atoms with van der Waals surface area (Å²) in [7, 11) is 1.12. The Kier molecular flexibility index (Phi) is 3.29. The van der Waals surface area contributed by atoms with Gasteiger partial charge in [0.05, 0.1) is 12.8 Å². The van der Waals surface area contributed by atoms with E-state index in [1.807, 2.05) is 0 Å². The van der Waals surface area contributed by atoms with Gasteiger partial charge in [-0.1, -0.05) is 0 Å². The van der Waals surface area contributed by atoms with Crippen molar-refractivity contribution in [3.05, 3.63) is 10.4 Å². The average molecular weight is 305 g/mol. The zero-order valence-electron chi connectivity index (χ0n) is 10.3. The van der Waals surface area contributed by atoms with Gasteiger partial charge in [-0.15, -0.1) is 11.3 Å². The molecule has 20 heavy (non-hydrogen) atoms. The number of alkyl halides is 3. The number of methoxy groups -OCH3 is 1. The van der Waals surface area contributed by atoms with E-state index in [0.29, 0.717) is 11.3 Å². The highest BCUT2D eigenvalue weighted by Crippen LogP contribution is 2.53. The van der Waals surface area contributed by atoms with E-state index < -0.39 is 17.7 Å². The summed E-state index contributed by atoms with van der Waals surface area (Å²) in [5, 5.41) is 11.2. The van der Waals surface area contributed by atoms with E-state index in [0.717, 1.165) is 7.11 Å². The summed E-state index contributed by atoms with van der Waals surface area (Å²) in [4.78, 5) is 11.4. The number of nitrogens with two attached hydrogens (primary N) is 1. The van der Waals surface area contributed by atoms with Crippen molar-refractivity contribution >= 4 is 28.0 Å². The number of carbonyl (C=O) groups is 1. The monoisotopic (exact) mass is 305 g/mol. The van der Waals surface area contributed by atoms with Gasteiger partial charge in [0.2, 0.25) is 0 Å². The molecule has 0 aliphatic heterocycles. The zero-order chi connectivity index (χ0) is 15.1. The number of nitrogens with zero attached hydrogens (tertiary/aromatic N) is 1. The Balaban J connectivity index is 2.39. The summed E-state index contributed by atoms with van der Waals surface area (Å²) in [6, 6.07) is 1.71. The molecular weight excluding hydrogens is 295 g/mol. The van der Waals surface area contributed by atoms with Crippen LogP contribution in [0.4, 0.5) is 23.9 Å². The van der Waals surface area contributed by atoms with E-state index in [4.69, 9.17) is 11.0 Å². The Labute approximate surface area is 116 Å². The van der Waals surface area contributed by atoms with Gasteiger partial charge in [0.15, 0.2) is 0 Å². The largest absolute Gasteiger partial charge is 0.465 e. The third kappa shape index (κ3) is 2.16. The Morgan fingerprint density at radius 1 is 1.55 bits per heavy atom. The molecule has 1 aromatic rings. The van der Waals surface area contributed by atoms with Crippen molar-refractivity contribution in [3.63, 3.8) is 0 Å². The van der Waals surface area contributed by atoms with Crippen molar-refractivity contribution in [1.29, 1.82) is 5.26 Å². The molecule has 9 heteroatoms. The number of nitrogen functional groups attached to an aromatic ring is 1. The molecule has 108 valence electrons. The van der Waals surface area contributed by atoms with E-state index in [2.05, 4.69) is 10.1 Å². The van der Waals surface area contributed by atoms with Crippen LogP contribution < -0.4 is 11.1 Å². The van der Waals surface area contributed by atoms with Gasteiger partial charge in [0, 0.05) is 0 Å². The molecule has 0 spiro atoms. The highest BCUT2D eigenvalue weighted by atomic mass is 32.1. The lowest BCUT2D eigenvalue weighted by Gasteiger charge is -2.20. The number of nitriles is 1. The molecule has 1 aliphatic carbocycles. The summed E-state index contributed by atoms with van der Waals surface area (Å²) in [6.07, 6.45) is -4.58. The molecule has 2 rings (SSSR count). The first-order chi connectivity index (χ1) is 9.25. The lowest BCUT2D eigenvalue weighted by molar-refractivity contribution is -0.151. The van der Waals surface area contributed by atoms with E-state index in [1.54, 1.807) is 6.07 Å². The van der Waals surface area contributed by atoms with Crippen LogP contribution in [0.5, 0.6) is 0 Å². The number of rotatable bonds is 3.